The standard InChI is InChI=1S/C15H26N2O/c18-14-5-3-7-17-9-11-8-12(15(14)17)10-16-6-2-1-4-13(11)16/h11-15,18H,1-10H2/t11?,12?,13-,14+,15-/m1/s1. The lowest BCUT2D eigenvalue weighted by atomic mass is 9.70. The van der Waals surface area contributed by atoms with E-state index in [0.717, 1.165) is 24.3 Å². The average molecular weight is 250 g/mol. The van der Waals surface area contributed by atoms with Crippen LogP contribution in [0.5, 0.6) is 0 Å². The lowest BCUT2D eigenvalue weighted by Gasteiger charge is -2.58. The maximum Gasteiger partial charge on any atom is 0.0699 e. The van der Waals surface area contributed by atoms with E-state index in [1.807, 2.05) is 0 Å². The maximum absolute atomic E-state index is 10.4. The number of rotatable bonds is 0. The van der Waals surface area contributed by atoms with Crippen LogP contribution >= 0.6 is 0 Å². The maximum atomic E-state index is 10.4. The van der Waals surface area contributed by atoms with E-state index in [-0.39, 0.29) is 6.10 Å². The Morgan fingerprint density at radius 3 is 2.61 bits per heavy atom. The summed E-state index contributed by atoms with van der Waals surface area (Å²) in [6.07, 6.45) is 7.84. The van der Waals surface area contributed by atoms with Gasteiger partial charge >= 0.3 is 0 Å². The van der Waals surface area contributed by atoms with Gasteiger partial charge in [0.1, 0.15) is 0 Å². The molecule has 4 aliphatic rings. The number of piperidine rings is 4. The van der Waals surface area contributed by atoms with E-state index < -0.39 is 0 Å². The van der Waals surface area contributed by atoms with Gasteiger partial charge in [0.05, 0.1) is 6.10 Å². The van der Waals surface area contributed by atoms with Crippen LogP contribution in [0.1, 0.15) is 38.5 Å². The van der Waals surface area contributed by atoms with Crippen molar-refractivity contribution in [1.29, 1.82) is 0 Å². The average Bonchev–Trinajstić information content (AvgIpc) is 2.39. The van der Waals surface area contributed by atoms with Gasteiger partial charge in [-0.05, 0) is 57.0 Å². The second kappa shape index (κ2) is 4.46. The van der Waals surface area contributed by atoms with E-state index in [1.165, 1.54) is 58.3 Å². The van der Waals surface area contributed by atoms with Gasteiger partial charge in [0.25, 0.3) is 0 Å². The van der Waals surface area contributed by atoms with Crippen LogP contribution in [0.25, 0.3) is 0 Å². The molecular weight excluding hydrogens is 224 g/mol. The largest absolute Gasteiger partial charge is 0.391 e. The highest BCUT2D eigenvalue weighted by Gasteiger charge is 2.48. The molecule has 4 rings (SSSR count). The van der Waals surface area contributed by atoms with Gasteiger partial charge in [-0.15, -0.1) is 0 Å². The highest BCUT2D eigenvalue weighted by molar-refractivity contribution is 5.02. The van der Waals surface area contributed by atoms with Gasteiger partial charge in [0.2, 0.25) is 0 Å². The van der Waals surface area contributed by atoms with Crippen molar-refractivity contribution < 1.29 is 5.11 Å². The summed E-state index contributed by atoms with van der Waals surface area (Å²) < 4.78 is 0. The van der Waals surface area contributed by atoms with Crippen LogP contribution in [-0.2, 0) is 0 Å². The van der Waals surface area contributed by atoms with Gasteiger partial charge in [-0.1, -0.05) is 6.42 Å². The van der Waals surface area contributed by atoms with Crippen LogP contribution < -0.4 is 0 Å². The van der Waals surface area contributed by atoms with Crippen LogP contribution in [0.2, 0.25) is 0 Å². The molecule has 0 saturated carbocycles. The third kappa shape index (κ3) is 1.75. The van der Waals surface area contributed by atoms with E-state index in [0.29, 0.717) is 6.04 Å². The van der Waals surface area contributed by atoms with Gasteiger partial charge in [-0.3, -0.25) is 9.80 Å². The Hall–Kier alpha value is -0.120. The monoisotopic (exact) mass is 250 g/mol. The molecule has 102 valence electrons. The van der Waals surface area contributed by atoms with Crippen LogP contribution in [0.4, 0.5) is 0 Å². The smallest absolute Gasteiger partial charge is 0.0699 e. The molecule has 2 bridgehead atoms. The van der Waals surface area contributed by atoms with Gasteiger partial charge < -0.3 is 5.11 Å². The van der Waals surface area contributed by atoms with Crippen molar-refractivity contribution in [3.05, 3.63) is 0 Å². The quantitative estimate of drug-likeness (QED) is 0.702. The molecule has 0 aromatic rings. The summed E-state index contributed by atoms with van der Waals surface area (Å²) in [7, 11) is 0. The molecule has 3 nitrogen and oxygen atoms in total. The predicted molar refractivity (Wildman–Crippen MR) is 71.4 cm³/mol. The Morgan fingerprint density at radius 2 is 1.67 bits per heavy atom. The molecule has 2 unspecified atom stereocenters. The van der Waals surface area contributed by atoms with Gasteiger partial charge in [0.15, 0.2) is 0 Å². The predicted octanol–water partition coefficient (Wildman–Crippen LogP) is 1.32. The Bertz CT molecular complexity index is 322. The van der Waals surface area contributed by atoms with E-state index in [9.17, 15) is 5.11 Å². The summed E-state index contributed by atoms with van der Waals surface area (Å²) in [5.74, 6) is 1.64. The van der Waals surface area contributed by atoms with Crippen LogP contribution in [0.15, 0.2) is 0 Å². The number of aliphatic hydroxyl groups is 1. The molecule has 4 aliphatic heterocycles. The summed E-state index contributed by atoms with van der Waals surface area (Å²) in [4.78, 5) is 5.40. The SMILES string of the molecule is O[C@H]1CCCN2CC3CC(CN4CCCC[C@H]34)[C@H]12. The van der Waals surface area contributed by atoms with Crippen molar-refractivity contribution in [2.75, 3.05) is 26.2 Å². The summed E-state index contributed by atoms with van der Waals surface area (Å²) in [5, 5.41) is 10.4. The molecule has 1 N–H and O–H groups in total. The molecule has 3 heteroatoms. The zero-order valence-corrected chi connectivity index (χ0v) is 11.3. The normalized spacial score (nSPS) is 49.5. The number of fused-ring (bicyclic) bond motifs is 6. The first-order valence-corrected chi connectivity index (χ1v) is 7.99. The Labute approximate surface area is 110 Å². The molecule has 4 fully saturated rings. The first kappa shape index (κ1) is 11.7. The minimum Gasteiger partial charge on any atom is -0.391 e. The van der Waals surface area contributed by atoms with Gasteiger partial charge in [-0.25, -0.2) is 0 Å². The van der Waals surface area contributed by atoms with Crippen molar-refractivity contribution in [1.82, 2.24) is 9.80 Å². The molecule has 0 radical (unpaired) electrons. The third-order valence-electron chi connectivity index (χ3n) is 6.00. The van der Waals surface area contributed by atoms with Crippen molar-refractivity contribution in [2.45, 2.75) is 56.7 Å². The first-order chi connectivity index (χ1) is 8.83. The van der Waals surface area contributed by atoms with E-state index in [4.69, 9.17) is 0 Å². The molecular formula is C15H26N2O. The zero-order chi connectivity index (χ0) is 12.1. The van der Waals surface area contributed by atoms with Gasteiger partial charge in [-0.2, -0.15) is 0 Å². The van der Waals surface area contributed by atoms with Crippen molar-refractivity contribution >= 4 is 0 Å². The Morgan fingerprint density at radius 1 is 0.833 bits per heavy atom. The summed E-state index contributed by atoms with van der Waals surface area (Å²) in [5.41, 5.74) is 0. The fourth-order valence-electron chi connectivity index (χ4n) is 5.34. The lowest BCUT2D eigenvalue weighted by Crippen LogP contribution is -2.66. The highest BCUT2D eigenvalue weighted by atomic mass is 16.3. The molecule has 4 saturated heterocycles. The minimum absolute atomic E-state index is 0.0500. The van der Waals surface area contributed by atoms with Crippen molar-refractivity contribution in [3.63, 3.8) is 0 Å². The summed E-state index contributed by atoms with van der Waals surface area (Å²) >= 11 is 0. The van der Waals surface area contributed by atoms with Crippen LogP contribution in [0, 0.1) is 11.8 Å². The lowest BCUT2D eigenvalue weighted by molar-refractivity contribution is -0.111. The third-order valence-corrected chi connectivity index (χ3v) is 6.00. The van der Waals surface area contributed by atoms with E-state index in [1.54, 1.807) is 0 Å². The van der Waals surface area contributed by atoms with E-state index >= 15 is 0 Å². The molecule has 0 aromatic heterocycles. The molecule has 0 spiro atoms. The number of hydrogen-bond acceptors (Lipinski definition) is 3. The molecule has 4 heterocycles. The first-order valence-electron chi connectivity index (χ1n) is 7.99. The molecule has 0 aromatic carbocycles. The minimum atomic E-state index is -0.0500. The second-order valence-electron chi connectivity index (χ2n) is 7.01. The van der Waals surface area contributed by atoms with Crippen molar-refractivity contribution in [2.24, 2.45) is 11.8 Å². The van der Waals surface area contributed by atoms with Gasteiger partial charge in [0, 0.05) is 25.2 Å². The number of hydrogen-bond donors (Lipinski definition) is 1. The zero-order valence-electron chi connectivity index (χ0n) is 11.3. The second-order valence-corrected chi connectivity index (χ2v) is 7.01. The Kier molecular flexibility index (Phi) is 2.90. The topological polar surface area (TPSA) is 26.7 Å². The molecule has 18 heavy (non-hydrogen) atoms. The van der Waals surface area contributed by atoms with Crippen molar-refractivity contribution in [3.8, 4) is 0 Å². The molecule has 5 atom stereocenters. The molecule has 0 amide bonds. The fraction of sp³-hybridized carbons (Fsp3) is 1.00. The van der Waals surface area contributed by atoms with E-state index in [2.05, 4.69) is 9.80 Å². The summed E-state index contributed by atoms with van der Waals surface area (Å²) in [6, 6.07) is 1.35. The highest BCUT2D eigenvalue weighted by Crippen LogP contribution is 2.42. The Balaban J connectivity index is 1.58. The van der Waals surface area contributed by atoms with Crippen LogP contribution in [-0.4, -0.2) is 59.3 Å². The number of nitrogens with zero attached hydrogens (tertiary/aromatic N) is 2. The number of aliphatic hydroxyl groups excluding tert-OH is 1. The summed E-state index contributed by atoms with van der Waals surface area (Å²) in [6.45, 7) is 5.08. The molecule has 0 aliphatic carbocycles. The van der Waals surface area contributed by atoms with Crippen LogP contribution in [0.3, 0.4) is 0 Å². The fourth-order valence-corrected chi connectivity index (χ4v) is 5.34.